The minimum Gasteiger partial charge on any atom is -0.369 e. The molecule has 0 unspecified atom stereocenters. The number of fused-ring (bicyclic) bond motifs is 1. The van der Waals surface area contributed by atoms with Crippen molar-refractivity contribution >= 4 is 17.1 Å². The molecule has 1 fully saturated rings. The zero-order chi connectivity index (χ0) is 18.9. The first kappa shape index (κ1) is 18.0. The van der Waals surface area contributed by atoms with Crippen molar-refractivity contribution in [1.82, 2.24) is 4.90 Å². The molecule has 143 valence electrons. The van der Waals surface area contributed by atoms with Crippen LogP contribution in [0, 0.1) is 6.67 Å². The second-order valence-corrected chi connectivity index (χ2v) is 6.86. The summed E-state index contributed by atoms with van der Waals surface area (Å²) < 4.78 is 38.7. The Morgan fingerprint density at radius 3 is 2.44 bits per heavy atom. The summed E-state index contributed by atoms with van der Waals surface area (Å²) in [5.41, 5.74) is 2.36. The number of rotatable bonds is 4. The van der Waals surface area contributed by atoms with Crippen molar-refractivity contribution in [1.29, 1.82) is 0 Å². The Morgan fingerprint density at radius 2 is 1.67 bits per heavy atom. The molecule has 4 nitrogen and oxygen atoms in total. The van der Waals surface area contributed by atoms with Gasteiger partial charge in [0.25, 0.3) is 0 Å². The van der Waals surface area contributed by atoms with Gasteiger partial charge < -0.3 is 15.1 Å². The molecule has 0 aromatic heterocycles. The Labute approximate surface area is 157 Å². The minimum atomic E-state index is -4.30. The summed E-state index contributed by atoms with van der Waals surface area (Å²) in [7, 11) is 0. The molecule has 0 aliphatic carbocycles. The second-order valence-electron chi connectivity index (χ2n) is 6.86. The molecule has 1 saturated heterocycles. The molecule has 7 heteroatoms. The standard InChI is InChI=1S/C20H22F3N4/c21-20(22,23)16-4-3-5-17(14-16)26-11-8-25(9-12-26)10-13-27-15-24-18-6-1-2-7-19(18)27/h1-7,14-15,24H,8-13H2. The van der Waals surface area contributed by atoms with E-state index >= 15 is 0 Å². The molecule has 0 saturated carbocycles. The molecule has 4 rings (SSSR count). The van der Waals surface area contributed by atoms with E-state index in [0.717, 1.165) is 51.0 Å². The number of benzene rings is 2. The van der Waals surface area contributed by atoms with Crippen molar-refractivity contribution in [3.05, 3.63) is 60.8 Å². The number of halogens is 3. The van der Waals surface area contributed by atoms with Crippen LogP contribution in [-0.2, 0) is 6.18 Å². The molecule has 2 aliphatic heterocycles. The lowest BCUT2D eigenvalue weighted by atomic mass is 10.1. The summed E-state index contributed by atoms with van der Waals surface area (Å²) in [6, 6.07) is 13.8. The lowest BCUT2D eigenvalue weighted by Gasteiger charge is -2.37. The SMILES string of the molecule is FC(F)(F)c1cccc(N2CCN(CCN3[CH]Nc4ccccc43)CC2)c1. The monoisotopic (exact) mass is 375 g/mol. The lowest BCUT2D eigenvalue weighted by molar-refractivity contribution is -0.137. The van der Waals surface area contributed by atoms with Crippen LogP contribution in [-0.4, -0.2) is 44.2 Å². The van der Waals surface area contributed by atoms with E-state index < -0.39 is 11.7 Å². The average molecular weight is 375 g/mol. The van der Waals surface area contributed by atoms with Gasteiger partial charge in [-0.2, -0.15) is 13.2 Å². The highest BCUT2D eigenvalue weighted by molar-refractivity contribution is 5.76. The first-order valence-electron chi connectivity index (χ1n) is 9.11. The topological polar surface area (TPSA) is 21.8 Å². The Kier molecular flexibility index (Phi) is 4.86. The predicted molar refractivity (Wildman–Crippen MR) is 102 cm³/mol. The van der Waals surface area contributed by atoms with Crippen molar-refractivity contribution in [2.75, 3.05) is 54.4 Å². The summed E-state index contributed by atoms with van der Waals surface area (Å²) in [4.78, 5) is 6.60. The van der Waals surface area contributed by atoms with E-state index in [2.05, 4.69) is 27.2 Å². The van der Waals surface area contributed by atoms with E-state index in [-0.39, 0.29) is 0 Å². The summed E-state index contributed by atoms with van der Waals surface area (Å²) in [5, 5.41) is 3.27. The van der Waals surface area contributed by atoms with E-state index in [4.69, 9.17) is 0 Å². The normalized spacial score (nSPS) is 17.7. The van der Waals surface area contributed by atoms with Crippen LogP contribution in [0.5, 0.6) is 0 Å². The maximum atomic E-state index is 12.9. The van der Waals surface area contributed by atoms with E-state index in [0.29, 0.717) is 5.69 Å². The zero-order valence-electron chi connectivity index (χ0n) is 14.9. The molecule has 0 spiro atoms. The van der Waals surface area contributed by atoms with Gasteiger partial charge in [0.1, 0.15) is 6.67 Å². The maximum Gasteiger partial charge on any atom is 0.416 e. The Morgan fingerprint density at radius 1 is 0.889 bits per heavy atom. The van der Waals surface area contributed by atoms with Crippen LogP contribution >= 0.6 is 0 Å². The highest BCUT2D eigenvalue weighted by Gasteiger charge is 2.31. The van der Waals surface area contributed by atoms with Gasteiger partial charge in [-0.1, -0.05) is 18.2 Å². The van der Waals surface area contributed by atoms with Gasteiger partial charge in [0.2, 0.25) is 0 Å². The fourth-order valence-corrected chi connectivity index (χ4v) is 3.61. The number of anilines is 3. The Hall–Kier alpha value is -2.41. The predicted octanol–water partition coefficient (Wildman–Crippen LogP) is 3.88. The molecule has 27 heavy (non-hydrogen) atoms. The van der Waals surface area contributed by atoms with Crippen molar-refractivity contribution in [2.24, 2.45) is 0 Å². The summed E-state index contributed by atoms with van der Waals surface area (Å²) in [6.45, 7) is 6.96. The molecule has 0 amide bonds. The summed E-state index contributed by atoms with van der Waals surface area (Å²) >= 11 is 0. The first-order valence-corrected chi connectivity index (χ1v) is 9.11. The van der Waals surface area contributed by atoms with Gasteiger partial charge >= 0.3 is 6.18 Å². The quantitative estimate of drug-likeness (QED) is 0.876. The van der Waals surface area contributed by atoms with E-state index in [9.17, 15) is 13.2 Å². The zero-order valence-corrected chi connectivity index (χ0v) is 14.9. The van der Waals surface area contributed by atoms with Crippen LogP contribution in [0.1, 0.15) is 5.56 Å². The number of nitrogens with one attached hydrogen (secondary N) is 1. The third-order valence-electron chi connectivity index (χ3n) is 5.16. The number of alkyl halides is 3. The third kappa shape index (κ3) is 3.98. The Bertz CT molecular complexity index is 785. The first-order chi connectivity index (χ1) is 13.0. The van der Waals surface area contributed by atoms with Crippen LogP contribution in [0.15, 0.2) is 48.5 Å². The number of hydrogen-bond acceptors (Lipinski definition) is 4. The van der Waals surface area contributed by atoms with Crippen molar-refractivity contribution in [3.63, 3.8) is 0 Å². The van der Waals surface area contributed by atoms with E-state index in [1.54, 1.807) is 6.07 Å². The van der Waals surface area contributed by atoms with Gasteiger partial charge in [-0.25, -0.2) is 0 Å². The molecule has 1 radical (unpaired) electrons. The fourth-order valence-electron chi connectivity index (χ4n) is 3.61. The number of hydrogen-bond donors (Lipinski definition) is 1. The van der Waals surface area contributed by atoms with Gasteiger partial charge in [-0.15, -0.1) is 0 Å². The van der Waals surface area contributed by atoms with E-state index in [1.807, 2.05) is 23.7 Å². The van der Waals surface area contributed by atoms with Gasteiger partial charge in [-0.3, -0.25) is 4.90 Å². The molecule has 2 heterocycles. The van der Waals surface area contributed by atoms with Crippen molar-refractivity contribution in [2.45, 2.75) is 6.18 Å². The highest BCUT2D eigenvalue weighted by Crippen LogP contribution is 2.33. The molecule has 2 aliphatic rings. The number of para-hydroxylation sites is 2. The average Bonchev–Trinajstić information content (AvgIpc) is 3.09. The lowest BCUT2D eigenvalue weighted by Crippen LogP contribution is -2.48. The van der Waals surface area contributed by atoms with E-state index in [1.165, 1.54) is 17.8 Å². The van der Waals surface area contributed by atoms with Crippen molar-refractivity contribution < 1.29 is 13.2 Å². The number of nitrogens with zero attached hydrogens (tertiary/aromatic N) is 3. The van der Waals surface area contributed by atoms with Crippen LogP contribution in [0.25, 0.3) is 0 Å². The van der Waals surface area contributed by atoms with Crippen LogP contribution < -0.4 is 15.1 Å². The van der Waals surface area contributed by atoms with Gasteiger partial charge in [0.15, 0.2) is 0 Å². The van der Waals surface area contributed by atoms with Gasteiger partial charge in [0, 0.05) is 45.0 Å². The molecule has 0 atom stereocenters. The Balaban J connectivity index is 1.30. The van der Waals surface area contributed by atoms with Gasteiger partial charge in [-0.05, 0) is 30.3 Å². The molecular weight excluding hydrogens is 353 g/mol. The van der Waals surface area contributed by atoms with Crippen molar-refractivity contribution in [3.8, 4) is 0 Å². The minimum absolute atomic E-state index is 0.585. The largest absolute Gasteiger partial charge is 0.416 e. The molecular formula is C20H22F3N4. The third-order valence-corrected chi connectivity index (χ3v) is 5.16. The summed E-state index contributed by atoms with van der Waals surface area (Å²) in [6.07, 6.45) is -4.30. The summed E-state index contributed by atoms with van der Waals surface area (Å²) in [5.74, 6) is 0. The van der Waals surface area contributed by atoms with Gasteiger partial charge in [0.05, 0.1) is 16.9 Å². The molecule has 1 N–H and O–H groups in total. The highest BCUT2D eigenvalue weighted by atomic mass is 19.4. The molecule has 2 aromatic carbocycles. The number of piperazine rings is 1. The van der Waals surface area contributed by atoms with Crippen LogP contribution in [0.2, 0.25) is 0 Å². The maximum absolute atomic E-state index is 12.9. The smallest absolute Gasteiger partial charge is 0.369 e. The van der Waals surface area contributed by atoms with Crippen LogP contribution in [0.4, 0.5) is 30.2 Å². The van der Waals surface area contributed by atoms with Crippen LogP contribution in [0.3, 0.4) is 0 Å². The second kappa shape index (κ2) is 7.31. The molecule has 2 aromatic rings. The molecule has 0 bridgehead atoms. The fraction of sp³-hybridized carbons (Fsp3) is 0.350.